The summed E-state index contributed by atoms with van der Waals surface area (Å²) in [5.74, 6) is 0.902. The molecule has 0 bridgehead atoms. The molecule has 0 aliphatic rings. The summed E-state index contributed by atoms with van der Waals surface area (Å²) in [6.45, 7) is 0.890. The number of carbonyl (C=O) groups excluding carboxylic acids is 1. The van der Waals surface area contributed by atoms with Gasteiger partial charge in [0.2, 0.25) is 0 Å². The molecular weight excluding hydrogens is 366 g/mol. The van der Waals surface area contributed by atoms with E-state index >= 15 is 0 Å². The smallest absolute Gasteiger partial charge is 0.255 e. The van der Waals surface area contributed by atoms with Crippen molar-refractivity contribution >= 4 is 17.3 Å². The van der Waals surface area contributed by atoms with Gasteiger partial charge in [0.25, 0.3) is 5.91 Å². The molecule has 0 spiro atoms. The molecule has 3 aromatic rings. The number of nitrogens with one attached hydrogen (secondary N) is 1. The number of benzene rings is 2. The summed E-state index contributed by atoms with van der Waals surface area (Å²) in [5.41, 5.74) is 3.58. The number of aromatic nitrogens is 1. The maximum atomic E-state index is 12.5. The van der Waals surface area contributed by atoms with Gasteiger partial charge in [0.05, 0.1) is 14.2 Å². The first-order valence-corrected chi connectivity index (χ1v) is 9.34. The van der Waals surface area contributed by atoms with Crippen LogP contribution in [-0.4, -0.2) is 38.7 Å². The van der Waals surface area contributed by atoms with Crippen LogP contribution >= 0.6 is 0 Å². The number of pyridine rings is 1. The van der Waals surface area contributed by atoms with Crippen molar-refractivity contribution in [1.82, 2.24) is 4.98 Å². The Labute approximate surface area is 171 Å². The second-order valence-corrected chi connectivity index (χ2v) is 6.60. The third-order valence-corrected chi connectivity index (χ3v) is 4.70. The van der Waals surface area contributed by atoms with Crippen LogP contribution in [0.4, 0.5) is 11.4 Å². The molecule has 3 rings (SSSR count). The van der Waals surface area contributed by atoms with Gasteiger partial charge in [-0.1, -0.05) is 0 Å². The largest absolute Gasteiger partial charge is 0.493 e. The van der Waals surface area contributed by atoms with Crippen LogP contribution in [0.5, 0.6) is 11.5 Å². The quantitative estimate of drug-likeness (QED) is 0.628. The summed E-state index contributed by atoms with van der Waals surface area (Å²) in [6.07, 6.45) is 4.56. The lowest BCUT2D eigenvalue weighted by Crippen LogP contribution is -2.20. The highest BCUT2D eigenvalue weighted by Gasteiger charge is 2.11. The number of anilines is 2. The van der Waals surface area contributed by atoms with Crippen LogP contribution in [0.3, 0.4) is 0 Å². The molecule has 6 nitrogen and oxygen atoms in total. The van der Waals surface area contributed by atoms with E-state index in [0.29, 0.717) is 17.1 Å². The highest BCUT2D eigenvalue weighted by atomic mass is 16.5. The molecule has 6 heteroatoms. The second-order valence-electron chi connectivity index (χ2n) is 6.60. The fourth-order valence-corrected chi connectivity index (χ4v) is 2.96. The average molecular weight is 391 g/mol. The van der Waals surface area contributed by atoms with E-state index in [2.05, 4.69) is 22.2 Å². The molecule has 29 heavy (non-hydrogen) atoms. The van der Waals surface area contributed by atoms with Crippen molar-refractivity contribution in [3.8, 4) is 11.5 Å². The average Bonchev–Trinajstić information content (AvgIpc) is 2.78. The molecule has 1 aromatic heterocycles. The Morgan fingerprint density at radius 3 is 2.31 bits per heavy atom. The van der Waals surface area contributed by atoms with E-state index < -0.39 is 0 Å². The second kappa shape index (κ2) is 9.59. The third kappa shape index (κ3) is 5.25. The van der Waals surface area contributed by atoms with Crippen molar-refractivity contribution in [3.05, 3.63) is 78.1 Å². The maximum absolute atomic E-state index is 12.5. The zero-order valence-electron chi connectivity index (χ0n) is 16.9. The summed E-state index contributed by atoms with van der Waals surface area (Å²) in [4.78, 5) is 18.8. The van der Waals surface area contributed by atoms with E-state index in [-0.39, 0.29) is 5.91 Å². The predicted molar refractivity (Wildman–Crippen MR) is 115 cm³/mol. The van der Waals surface area contributed by atoms with E-state index in [4.69, 9.17) is 9.47 Å². The fourth-order valence-electron chi connectivity index (χ4n) is 2.96. The monoisotopic (exact) mass is 391 g/mol. The Balaban J connectivity index is 1.60. The number of likely N-dealkylation sites (N-methyl/N-ethyl adjacent to an activating group) is 1. The molecule has 150 valence electrons. The molecule has 0 radical (unpaired) electrons. The molecule has 1 N–H and O–H groups in total. The lowest BCUT2D eigenvalue weighted by molar-refractivity contribution is 0.102. The first-order valence-electron chi connectivity index (χ1n) is 9.34. The Kier molecular flexibility index (Phi) is 6.68. The molecule has 0 aliphatic carbocycles. The van der Waals surface area contributed by atoms with Crippen LogP contribution in [-0.2, 0) is 6.42 Å². The summed E-state index contributed by atoms with van der Waals surface area (Å²) in [7, 11) is 5.16. The van der Waals surface area contributed by atoms with Crippen LogP contribution in [0.1, 0.15) is 15.9 Å². The van der Waals surface area contributed by atoms with Crippen molar-refractivity contribution in [2.45, 2.75) is 6.42 Å². The van der Waals surface area contributed by atoms with Crippen molar-refractivity contribution in [3.63, 3.8) is 0 Å². The Morgan fingerprint density at radius 2 is 1.66 bits per heavy atom. The predicted octanol–water partition coefficient (Wildman–Crippen LogP) is 4.03. The van der Waals surface area contributed by atoms with Crippen molar-refractivity contribution in [2.24, 2.45) is 0 Å². The molecule has 0 aliphatic heterocycles. The number of carbonyl (C=O) groups is 1. The Hall–Kier alpha value is -3.54. The number of ether oxygens (including phenoxy) is 2. The normalized spacial score (nSPS) is 10.3. The van der Waals surface area contributed by atoms with Crippen LogP contribution in [0.25, 0.3) is 0 Å². The van der Waals surface area contributed by atoms with Crippen molar-refractivity contribution < 1.29 is 14.3 Å². The third-order valence-electron chi connectivity index (χ3n) is 4.70. The first kappa shape index (κ1) is 20.2. The Morgan fingerprint density at radius 1 is 0.966 bits per heavy atom. The van der Waals surface area contributed by atoms with Crippen LogP contribution in [0.15, 0.2) is 67.0 Å². The number of hydrogen-bond donors (Lipinski definition) is 1. The minimum absolute atomic E-state index is 0.204. The molecular formula is C23H25N3O3. The van der Waals surface area contributed by atoms with Gasteiger partial charge in [-0.05, 0) is 66.6 Å². The molecule has 0 saturated heterocycles. The molecule has 0 fully saturated rings. The SMILES string of the molecule is COc1ccc(C(=O)Nc2ccc(N(C)CCc3ccncc3)cc2)cc1OC. The summed E-state index contributed by atoms with van der Waals surface area (Å²) in [5, 5.41) is 2.91. The van der Waals surface area contributed by atoms with Gasteiger partial charge >= 0.3 is 0 Å². The number of amides is 1. The number of rotatable bonds is 8. The van der Waals surface area contributed by atoms with Gasteiger partial charge in [-0.25, -0.2) is 0 Å². The zero-order valence-corrected chi connectivity index (χ0v) is 16.9. The molecule has 1 amide bonds. The highest BCUT2D eigenvalue weighted by molar-refractivity contribution is 6.04. The number of nitrogens with zero attached hydrogens (tertiary/aromatic N) is 2. The van der Waals surface area contributed by atoms with Crippen LogP contribution < -0.4 is 19.7 Å². The topological polar surface area (TPSA) is 63.7 Å². The minimum Gasteiger partial charge on any atom is -0.493 e. The minimum atomic E-state index is -0.204. The highest BCUT2D eigenvalue weighted by Crippen LogP contribution is 2.28. The summed E-state index contributed by atoms with van der Waals surface area (Å²) < 4.78 is 10.5. The van der Waals surface area contributed by atoms with Crippen molar-refractivity contribution in [1.29, 1.82) is 0 Å². The number of methoxy groups -OCH3 is 2. The molecule has 1 heterocycles. The Bertz CT molecular complexity index is 943. The van der Waals surface area contributed by atoms with Gasteiger partial charge in [0, 0.05) is 42.9 Å². The van der Waals surface area contributed by atoms with Crippen LogP contribution in [0, 0.1) is 0 Å². The summed E-state index contributed by atoms with van der Waals surface area (Å²) >= 11 is 0. The van der Waals surface area contributed by atoms with E-state index in [1.807, 2.05) is 48.8 Å². The van der Waals surface area contributed by atoms with Gasteiger partial charge < -0.3 is 19.7 Å². The van der Waals surface area contributed by atoms with E-state index in [1.54, 1.807) is 32.4 Å². The van der Waals surface area contributed by atoms with Crippen LogP contribution in [0.2, 0.25) is 0 Å². The van der Waals surface area contributed by atoms with Gasteiger partial charge in [-0.2, -0.15) is 0 Å². The van der Waals surface area contributed by atoms with Gasteiger partial charge in [-0.3, -0.25) is 9.78 Å². The lowest BCUT2D eigenvalue weighted by atomic mass is 10.1. The molecule has 0 saturated carbocycles. The molecule has 0 unspecified atom stereocenters. The van der Waals surface area contributed by atoms with Crippen molar-refractivity contribution in [2.75, 3.05) is 38.0 Å². The fraction of sp³-hybridized carbons (Fsp3) is 0.217. The van der Waals surface area contributed by atoms with E-state index in [0.717, 1.165) is 24.3 Å². The van der Waals surface area contributed by atoms with Gasteiger partial charge in [0.15, 0.2) is 11.5 Å². The lowest BCUT2D eigenvalue weighted by Gasteiger charge is -2.19. The number of hydrogen-bond acceptors (Lipinski definition) is 5. The first-order chi connectivity index (χ1) is 14.1. The van der Waals surface area contributed by atoms with Gasteiger partial charge in [0.1, 0.15) is 0 Å². The standard InChI is InChI=1S/C23H25N3O3/c1-26(15-12-17-10-13-24-14-11-17)20-7-5-19(6-8-20)25-23(27)18-4-9-21(28-2)22(16-18)29-3/h4-11,13-14,16H,12,15H2,1-3H3,(H,25,27). The van der Waals surface area contributed by atoms with E-state index in [9.17, 15) is 4.79 Å². The van der Waals surface area contributed by atoms with Gasteiger partial charge in [-0.15, -0.1) is 0 Å². The zero-order chi connectivity index (χ0) is 20.6. The molecule has 2 aromatic carbocycles. The maximum Gasteiger partial charge on any atom is 0.255 e. The summed E-state index contributed by atoms with van der Waals surface area (Å²) in [6, 6.07) is 16.9. The molecule has 0 atom stereocenters. The van der Waals surface area contributed by atoms with E-state index in [1.165, 1.54) is 5.56 Å².